The molecule has 142 valence electrons. The number of rotatable bonds is 4. The molecule has 1 aliphatic carbocycles. The summed E-state index contributed by atoms with van der Waals surface area (Å²) in [4.78, 5) is 29.9. The maximum atomic E-state index is 12.5. The molecule has 0 bridgehead atoms. The fraction of sp³-hybridized carbons (Fsp3) is 0.368. The van der Waals surface area contributed by atoms with Crippen molar-refractivity contribution in [3.8, 4) is 0 Å². The minimum absolute atomic E-state index is 0.140. The third kappa shape index (κ3) is 4.51. The van der Waals surface area contributed by atoms with Crippen molar-refractivity contribution in [2.45, 2.75) is 33.1 Å². The number of anilines is 1. The fourth-order valence-corrected chi connectivity index (χ4v) is 4.73. The molecule has 2 N–H and O–H groups in total. The summed E-state index contributed by atoms with van der Waals surface area (Å²) < 4.78 is 5.24. The molecule has 1 amide bonds. The van der Waals surface area contributed by atoms with Crippen LogP contribution in [0.4, 0.5) is 5.00 Å². The summed E-state index contributed by atoms with van der Waals surface area (Å²) in [6, 6.07) is 3.33. The molecule has 27 heavy (non-hydrogen) atoms. The van der Waals surface area contributed by atoms with Gasteiger partial charge in [-0.25, -0.2) is 4.79 Å². The van der Waals surface area contributed by atoms with Gasteiger partial charge < -0.3 is 10.1 Å². The van der Waals surface area contributed by atoms with E-state index in [1.165, 1.54) is 22.4 Å². The smallest absolute Gasteiger partial charge is 0.341 e. The first-order valence-electron chi connectivity index (χ1n) is 8.83. The highest BCUT2D eigenvalue weighted by molar-refractivity contribution is 7.80. The van der Waals surface area contributed by atoms with Crippen molar-refractivity contribution in [2.24, 2.45) is 5.92 Å². The van der Waals surface area contributed by atoms with E-state index < -0.39 is 0 Å². The molecule has 0 fully saturated rings. The summed E-state index contributed by atoms with van der Waals surface area (Å²) in [6.07, 6.45) is 5.88. The van der Waals surface area contributed by atoms with Crippen molar-refractivity contribution in [2.75, 3.05) is 11.9 Å². The van der Waals surface area contributed by atoms with E-state index >= 15 is 0 Å². The van der Waals surface area contributed by atoms with E-state index in [9.17, 15) is 9.59 Å². The Balaban J connectivity index is 1.80. The maximum Gasteiger partial charge on any atom is 0.341 e. The Morgan fingerprint density at radius 1 is 1.44 bits per heavy atom. The predicted octanol–water partition coefficient (Wildman–Crippen LogP) is 3.57. The van der Waals surface area contributed by atoms with Crippen LogP contribution in [-0.4, -0.2) is 28.6 Å². The zero-order chi connectivity index (χ0) is 19.4. The number of ether oxygens (including phenoxy) is 1. The van der Waals surface area contributed by atoms with Crippen molar-refractivity contribution in [1.29, 1.82) is 0 Å². The van der Waals surface area contributed by atoms with Crippen LogP contribution < -0.4 is 10.6 Å². The number of thiocarbonyl (C=S) groups is 1. The van der Waals surface area contributed by atoms with Gasteiger partial charge in [-0.3, -0.25) is 15.1 Å². The van der Waals surface area contributed by atoms with Gasteiger partial charge in [-0.2, -0.15) is 0 Å². The third-order valence-corrected chi connectivity index (χ3v) is 5.74. The van der Waals surface area contributed by atoms with Crippen molar-refractivity contribution in [3.63, 3.8) is 0 Å². The largest absolute Gasteiger partial charge is 0.462 e. The second-order valence-electron chi connectivity index (χ2n) is 6.43. The number of hydrogen-bond donors (Lipinski definition) is 2. The highest BCUT2D eigenvalue weighted by Crippen LogP contribution is 2.40. The Bertz CT molecular complexity index is 865. The Hall–Kier alpha value is -2.32. The lowest BCUT2D eigenvalue weighted by Gasteiger charge is -2.18. The number of pyridine rings is 1. The number of nitrogens with zero attached hydrogens (tertiary/aromatic N) is 1. The molecule has 2 heterocycles. The quantitative estimate of drug-likeness (QED) is 0.600. The van der Waals surface area contributed by atoms with Crippen LogP contribution in [0.5, 0.6) is 0 Å². The number of amides is 1. The van der Waals surface area contributed by atoms with Crippen LogP contribution in [0.2, 0.25) is 0 Å². The molecule has 6 nitrogen and oxygen atoms in total. The number of carbonyl (C=O) groups excluding carboxylic acids is 2. The van der Waals surface area contributed by atoms with Crippen molar-refractivity contribution in [1.82, 2.24) is 10.3 Å². The molecule has 0 saturated carbocycles. The van der Waals surface area contributed by atoms with Crippen molar-refractivity contribution < 1.29 is 14.3 Å². The molecule has 1 aliphatic rings. The molecule has 0 unspecified atom stereocenters. The minimum Gasteiger partial charge on any atom is -0.462 e. The second kappa shape index (κ2) is 8.58. The number of hydrogen-bond acceptors (Lipinski definition) is 6. The van der Waals surface area contributed by atoms with E-state index in [1.54, 1.807) is 25.3 Å². The first kappa shape index (κ1) is 19.4. The van der Waals surface area contributed by atoms with E-state index in [2.05, 4.69) is 22.5 Å². The second-order valence-corrected chi connectivity index (χ2v) is 7.94. The van der Waals surface area contributed by atoms with Crippen LogP contribution in [0.25, 0.3) is 0 Å². The van der Waals surface area contributed by atoms with Gasteiger partial charge in [0.1, 0.15) is 5.00 Å². The molecule has 1 atom stereocenters. The Labute approximate surface area is 167 Å². The van der Waals surface area contributed by atoms with E-state index in [1.807, 2.05) is 0 Å². The molecular formula is C19H21N3O3S2. The van der Waals surface area contributed by atoms with Crippen LogP contribution in [0.3, 0.4) is 0 Å². The van der Waals surface area contributed by atoms with Gasteiger partial charge in [-0.1, -0.05) is 6.92 Å². The van der Waals surface area contributed by atoms with Crippen molar-refractivity contribution >= 4 is 45.5 Å². The topological polar surface area (TPSA) is 80.3 Å². The number of aromatic nitrogens is 1. The lowest BCUT2D eigenvalue weighted by atomic mass is 9.88. The summed E-state index contributed by atoms with van der Waals surface area (Å²) in [6.45, 7) is 4.30. The summed E-state index contributed by atoms with van der Waals surface area (Å²) in [5, 5.41) is 6.42. The van der Waals surface area contributed by atoms with Gasteiger partial charge in [0.05, 0.1) is 17.7 Å². The summed E-state index contributed by atoms with van der Waals surface area (Å²) in [5.74, 6) is -0.127. The highest BCUT2D eigenvalue weighted by Gasteiger charge is 2.28. The van der Waals surface area contributed by atoms with Crippen LogP contribution in [-0.2, 0) is 17.6 Å². The number of thiophene rings is 1. The molecule has 0 aliphatic heterocycles. The molecule has 2 aromatic rings. The first-order chi connectivity index (χ1) is 13.0. The van der Waals surface area contributed by atoms with E-state index in [-0.39, 0.29) is 17.0 Å². The number of esters is 1. The van der Waals surface area contributed by atoms with Crippen LogP contribution in [0.15, 0.2) is 24.5 Å². The first-order valence-corrected chi connectivity index (χ1v) is 10.1. The lowest BCUT2D eigenvalue weighted by molar-refractivity contribution is 0.0526. The maximum absolute atomic E-state index is 12.5. The Morgan fingerprint density at radius 3 is 2.96 bits per heavy atom. The van der Waals surface area contributed by atoms with Gasteiger partial charge >= 0.3 is 5.97 Å². The molecule has 0 radical (unpaired) electrons. The number of nitrogens with one attached hydrogen (secondary N) is 2. The molecule has 8 heteroatoms. The van der Waals surface area contributed by atoms with Gasteiger partial charge in [-0.05, 0) is 62.0 Å². The summed E-state index contributed by atoms with van der Waals surface area (Å²) in [7, 11) is 0. The van der Waals surface area contributed by atoms with Gasteiger partial charge in [0.15, 0.2) is 5.11 Å². The minimum atomic E-state index is -0.353. The van der Waals surface area contributed by atoms with Gasteiger partial charge in [0.2, 0.25) is 0 Å². The molecule has 0 saturated heterocycles. The fourth-order valence-electron chi connectivity index (χ4n) is 3.06. The molecule has 3 rings (SSSR count). The normalized spacial score (nSPS) is 15.6. The zero-order valence-electron chi connectivity index (χ0n) is 15.2. The predicted molar refractivity (Wildman–Crippen MR) is 109 cm³/mol. The molecule has 2 aromatic heterocycles. The van der Waals surface area contributed by atoms with Gasteiger partial charge in [0.25, 0.3) is 5.91 Å². The SMILES string of the molecule is CCOC(=O)c1c(NC(=S)NC(=O)c2cccnc2)sc2c1CC[C@H](C)C2. The standard InChI is InChI=1S/C19H21N3O3S2/c1-3-25-18(24)15-13-7-6-11(2)9-14(13)27-17(15)22-19(26)21-16(23)12-5-4-8-20-10-12/h4-5,8,10-11H,3,6-7,9H2,1-2H3,(H2,21,22,23,26)/t11-/m0/s1. The van der Waals surface area contributed by atoms with E-state index in [0.29, 0.717) is 28.7 Å². The summed E-state index contributed by atoms with van der Waals surface area (Å²) >= 11 is 6.79. The van der Waals surface area contributed by atoms with Gasteiger partial charge in [0, 0.05) is 17.3 Å². The van der Waals surface area contributed by atoms with E-state index in [4.69, 9.17) is 17.0 Å². The Kier molecular flexibility index (Phi) is 6.18. The average Bonchev–Trinajstić information content (AvgIpc) is 2.99. The van der Waals surface area contributed by atoms with Crippen LogP contribution in [0.1, 0.15) is 51.4 Å². The molecular weight excluding hydrogens is 382 g/mol. The third-order valence-electron chi connectivity index (χ3n) is 4.37. The Morgan fingerprint density at radius 2 is 2.26 bits per heavy atom. The average molecular weight is 404 g/mol. The molecule has 0 spiro atoms. The number of fused-ring (bicyclic) bond motifs is 1. The summed E-state index contributed by atoms with van der Waals surface area (Å²) in [5.41, 5.74) is 1.99. The van der Waals surface area contributed by atoms with Crippen LogP contribution >= 0.6 is 23.6 Å². The van der Waals surface area contributed by atoms with Crippen molar-refractivity contribution in [3.05, 3.63) is 46.1 Å². The number of carbonyl (C=O) groups is 2. The van der Waals surface area contributed by atoms with Crippen LogP contribution in [0, 0.1) is 5.92 Å². The van der Waals surface area contributed by atoms with Gasteiger partial charge in [-0.15, -0.1) is 11.3 Å². The lowest BCUT2D eigenvalue weighted by Crippen LogP contribution is -2.34. The molecule has 0 aromatic carbocycles. The monoisotopic (exact) mass is 403 g/mol. The van der Waals surface area contributed by atoms with E-state index in [0.717, 1.165) is 24.8 Å². The zero-order valence-corrected chi connectivity index (χ0v) is 16.8. The highest BCUT2D eigenvalue weighted by atomic mass is 32.1.